The van der Waals surface area contributed by atoms with Crippen molar-refractivity contribution in [2.75, 3.05) is 13.2 Å². The lowest BCUT2D eigenvalue weighted by Crippen LogP contribution is -2.58. The van der Waals surface area contributed by atoms with Crippen LogP contribution in [-0.4, -0.2) is 36.7 Å². The summed E-state index contributed by atoms with van der Waals surface area (Å²) < 4.78 is 11.5. The number of primary amides is 1. The summed E-state index contributed by atoms with van der Waals surface area (Å²) in [6.45, 7) is 0.877. The van der Waals surface area contributed by atoms with Crippen LogP contribution in [-0.2, 0) is 4.79 Å². The Morgan fingerprint density at radius 1 is 1.21 bits per heavy atom. The van der Waals surface area contributed by atoms with Gasteiger partial charge >= 0.3 is 6.03 Å². The van der Waals surface area contributed by atoms with E-state index in [0.717, 1.165) is 24.3 Å². The van der Waals surface area contributed by atoms with Crippen molar-refractivity contribution < 1.29 is 19.1 Å². The quantitative estimate of drug-likeness (QED) is 0.756. The van der Waals surface area contributed by atoms with Crippen molar-refractivity contribution in [2.24, 2.45) is 5.73 Å². The van der Waals surface area contributed by atoms with Crippen LogP contribution in [0, 0.1) is 0 Å². The van der Waals surface area contributed by atoms with Crippen LogP contribution in [0.15, 0.2) is 24.3 Å². The zero-order chi connectivity index (χ0) is 17.0. The van der Waals surface area contributed by atoms with E-state index in [1.54, 1.807) is 0 Å². The molecule has 1 heterocycles. The lowest BCUT2D eigenvalue weighted by Gasteiger charge is -2.28. The molecule has 0 bridgehead atoms. The number of ether oxygens (including phenoxy) is 2. The third-order valence-electron chi connectivity index (χ3n) is 4.60. The topological polar surface area (TPSA) is 103 Å². The second kappa shape index (κ2) is 6.98. The molecule has 24 heavy (non-hydrogen) atoms. The number of nitrogens with one attached hydrogen (secondary N) is 2. The molecule has 0 radical (unpaired) electrons. The first-order valence-corrected chi connectivity index (χ1v) is 8.33. The molecule has 2 aliphatic rings. The molecular weight excluding hydrogens is 310 g/mol. The minimum atomic E-state index is -0.895. The van der Waals surface area contributed by atoms with Crippen molar-refractivity contribution in [2.45, 2.75) is 43.7 Å². The maximum atomic E-state index is 12.0. The van der Waals surface area contributed by atoms with Gasteiger partial charge in [-0.1, -0.05) is 25.0 Å². The predicted molar refractivity (Wildman–Crippen MR) is 87.9 cm³/mol. The Morgan fingerprint density at radius 3 is 2.62 bits per heavy atom. The van der Waals surface area contributed by atoms with Crippen LogP contribution in [0.4, 0.5) is 4.79 Å². The van der Waals surface area contributed by atoms with Crippen LogP contribution in [0.1, 0.15) is 32.1 Å². The number of carbonyl (C=O) groups excluding carboxylic acids is 2. The van der Waals surface area contributed by atoms with E-state index in [0.29, 0.717) is 32.4 Å². The van der Waals surface area contributed by atoms with Crippen molar-refractivity contribution >= 4 is 11.9 Å². The standard InChI is InChI=1S/C17H23N3O4/c18-15(21)17(8-3-4-9-17)20-16(22)19-10-7-12-11-23-13-5-1-2-6-14(13)24-12/h1-2,5-6,12H,3-4,7-11H2,(H2,18,21)(H2,19,20,22)/t12-/m0/s1. The normalized spacial score (nSPS) is 21.1. The summed E-state index contributed by atoms with van der Waals surface area (Å²) in [6, 6.07) is 7.14. The molecule has 0 spiro atoms. The van der Waals surface area contributed by atoms with Crippen molar-refractivity contribution in [3.8, 4) is 11.5 Å². The largest absolute Gasteiger partial charge is 0.486 e. The fraction of sp³-hybridized carbons (Fsp3) is 0.529. The summed E-state index contributed by atoms with van der Waals surface area (Å²) in [7, 11) is 0. The number of carbonyl (C=O) groups is 2. The lowest BCUT2D eigenvalue weighted by molar-refractivity contribution is -0.123. The van der Waals surface area contributed by atoms with E-state index in [1.165, 1.54) is 0 Å². The zero-order valence-electron chi connectivity index (χ0n) is 13.5. The van der Waals surface area contributed by atoms with Crippen molar-refractivity contribution in [3.63, 3.8) is 0 Å². The molecule has 7 nitrogen and oxygen atoms in total. The number of hydrogen-bond donors (Lipinski definition) is 3. The van der Waals surface area contributed by atoms with Gasteiger partial charge in [-0.2, -0.15) is 0 Å². The van der Waals surface area contributed by atoms with E-state index in [9.17, 15) is 9.59 Å². The molecule has 0 saturated heterocycles. The van der Waals surface area contributed by atoms with Gasteiger partial charge in [0.05, 0.1) is 0 Å². The molecule has 1 aromatic rings. The Morgan fingerprint density at radius 2 is 1.92 bits per heavy atom. The Hall–Kier alpha value is -2.44. The molecule has 3 amide bonds. The Balaban J connectivity index is 1.44. The zero-order valence-corrected chi connectivity index (χ0v) is 13.5. The van der Waals surface area contributed by atoms with Crippen molar-refractivity contribution in [1.29, 1.82) is 0 Å². The third kappa shape index (κ3) is 3.55. The van der Waals surface area contributed by atoms with Gasteiger partial charge < -0.3 is 25.8 Å². The number of para-hydroxylation sites is 2. The summed E-state index contributed by atoms with van der Waals surface area (Å²) in [6.07, 6.45) is 3.51. The van der Waals surface area contributed by atoms with Gasteiger partial charge in [-0.3, -0.25) is 4.79 Å². The fourth-order valence-corrected chi connectivity index (χ4v) is 3.23. The summed E-state index contributed by atoms with van der Waals surface area (Å²) in [5.74, 6) is 0.997. The highest BCUT2D eigenvalue weighted by atomic mass is 16.6. The van der Waals surface area contributed by atoms with Gasteiger partial charge in [0, 0.05) is 13.0 Å². The van der Waals surface area contributed by atoms with Gasteiger partial charge in [0.15, 0.2) is 11.5 Å². The molecule has 7 heteroatoms. The third-order valence-corrected chi connectivity index (χ3v) is 4.60. The second-order valence-corrected chi connectivity index (χ2v) is 6.32. The van der Waals surface area contributed by atoms with E-state index in [4.69, 9.17) is 15.2 Å². The average Bonchev–Trinajstić information content (AvgIpc) is 3.04. The number of urea groups is 1. The number of rotatable bonds is 5. The molecule has 0 aromatic heterocycles. The molecule has 1 saturated carbocycles. The van der Waals surface area contributed by atoms with Gasteiger partial charge in [-0.25, -0.2) is 4.79 Å². The predicted octanol–water partition coefficient (Wildman–Crippen LogP) is 1.31. The van der Waals surface area contributed by atoms with Crippen LogP contribution < -0.4 is 25.8 Å². The first-order valence-electron chi connectivity index (χ1n) is 8.33. The molecule has 1 fully saturated rings. The molecule has 0 unspecified atom stereocenters. The maximum absolute atomic E-state index is 12.0. The highest BCUT2D eigenvalue weighted by molar-refractivity contribution is 5.90. The van der Waals surface area contributed by atoms with E-state index in [-0.39, 0.29) is 12.1 Å². The van der Waals surface area contributed by atoms with Gasteiger partial charge in [0.25, 0.3) is 0 Å². The average molecular weight is 333 g/mol. The first-order chi connectivity index (χ1) is 11.6. The van der Waals surface area contributed by atoms with E-state index < -0.39 is 11.4 Å². The van der Waals surface area contributed by atoms with Crippen LogP contribution in [0.2, 0.25) is 0 Å². The van der Waals surface area contributed by atoms with Gasteiger partial charge in [-0.15, -0.1) is 0 Å². The number of fused-ring (bicyclic) bond motifs is 1. The Bertz CT molecular complexity index is 614. The minimum Gasteiger partial charge on any atom is -0.486 e. The molecule has 4 N–H and O–H groups in total. The Kier molecular flexibility index (Phi) is 4.78. The summed E-state index contributed by atoms with van der Waals surface area (Å²) in [5, 5.41) is 5.52. The van der Waals surface area contributed by atoms with E-state index in [2.05, 4.69) is 10.6 Å². The molecule has 1 aliphatic carbocycles. The molecular formula is C17H23N3O4. The number of nitrogens with two attached hydrogens (primary N) is 1. The number of hydrogen-bond acceptors (Lipinski definition) is 4. The summed E-state index contributed by atoms with van der Waals surface area (Å²) in [5.41, 5.74) is 4.56. The van der Waals surface area contributed by atoms with Gasteiger partial charge in [-0.05, 0) is 25.0 Å². The lowest BCUT2D eigenvalue weighted by atomic mass is 9.97. The summed E-state index contributed by atoms with van der Waals surface area (Å²) >= 11 is 0. The first kappa shape index (κ1) is 16.4. The monoisotopic (exact) mass is 333 g/mol. The molecule has 130 valence electrons. The van der Waals surface area contributed by atoms with E-state index in [1.807, 2.05) is 24.3 Å². The summed E-state index contributed by atoms with van der Waals surface area (Å²) in [4.78, 5) is 23.7. The van der Waals surface area contributed by atoms with Crippen LogP contribution >= 0.6 is 0 Å². The van der Waals surface area contributed by atoms with Crippen molar-refractivity contribution in [3.05, 3.63) is 24.3 Å². The van der Waals surface area contributed by atoms with Crippen LogP contribution in [0.25, 0.3) is 0 Å². The SMILES string of the molecule is NC(=O)C1(NC(=O)NCC[C@H]2COc3ccccc3O2)CCCC1. The number of amides is 3. The molecule has 1 atom stereocenters. The highest BCUT2D eigenvalue weighted by Gasteiger charge is 2.40. The molecule has 3 rings (SSSR count). The Labute approximate surface area is 140 Å². The number of benzene rings is 1. The minimum absolute atomic E-state index is 0.114. The highest BCUT2D eigenvalue weighted by Crippen LogP contribution is 2.31. The molecule has 1 aliphatic heterocycles. The van der Waals surface area contributed by atoms with Gasteiger partial charge in [0.1, 0.15) is 18.2 Å². The fourth-order valence-electron chi connectivity index (χ4n) is 3.23. The van der Waals surface area contributed by atoms with Crippen LogP contribution in [0.5, 0.6) is 11.5 Å². The van der Waals surface area contributed by atoms with E-state index >= 15 is 0 Å². The van der Waals surface area contributed by atoms with Gasteiger partial charge in [0.2, 0.25) is 5.91 Å². The van der Waals surface area contributed by atoms with Crippen molar-refractivity contribution in [1.82, 2.24) is 10.6 Å². The smallest absolute Gasteiger partial charge is 0.315 e. The molecule has 1 aromatic carbocycles. The second-order valence-electron chi connectivity index (χ2n) is 6.32. The van der Waals surface area contributed by atoms with Crippen LogP contribution in [0.3, 0.4) is 0 Å². The maximum Gasteiger partial charge on any atom is 0.315 e.